The van der Waals surface area contributed by atoms with E-state index in [-0.39, 0.29) is 0 Å². The van der Waals surface area contributed by atoms with Gasteiger partial charge in [0.2, 0.25) is 0 Å². The number of pyridine rings is 5. The summed E-state index contributed by atoms with van der Waals surface area (Å²) in [6, 6.07) is 96.1. The molecule has 0 unspecified atom stereocenters. The molecule has 0 radical (unpaired) electrons. The number of benzene rings is 8. The SMILES string of the molecule is Cc1cc(-c2ccccn2)cc(-c2ccccn2)c1.Cc1cc(-c2cccnc2)cc(-c2ccccn2)c1.Cc1ccc(-c2cccc3cccnc23)cc1.Cc1nc(-c2ccccc2)cc(-c2ccccc2)n1.Cc1nc(-c2ccccc2)nc(-c2ccccc2)n1. The average molecular weight is 1210 g/mol. The van der Waals surface area contributed by atoms with E-state index in [1.807, 2.05) is 215 Å². The Bertz CT molecular complexity index is 4060. The van der Waals surface area contributed by atoms with Gasteiger partial charge in [0.1, 0.15) is 11.6 Å². The first kappa shape index (κ1) is 62.5. The Morgan fingerprint density at radius 2 is 0.634 bits per heavy atom. The number of para-hydroxylation sites is 1. The fourth-order valence-corrected chi connectivity index (χ4v) is 10.4. The van der Waals surface area contributed by atoms with Crippen LogP contribution in [0, 0.1) is 34.6 Å². The molecule has 0 aliphatic rings. The maximum absolute atomic E-state index is 4.55. The van der Waals surface area contributed by atoms with Crippen LogP contribution in [0.2, 0.25) is 0 Å². The Hall–Kier alpha value is -12.1. The molecular weight excluding hydrogens is 1140 g/mol. The molecule has 0 bridgehead atoms. The van der Waals surface area contributed by atoms with Crippen molar-refractivity contribution >= 4 is 10.9 Å². The minimum atomic E-state index is 0.715. The van der Waals surface area contributed by atoms with E-state index in [1.165, 1.54) is 38.8 Å². The molecule has 0 aliphatic heterocycles. The van der Waals surface area contributed by atoms with E-state index >= 15 is 0 Å². The van der Waals surface area contributed by atoms with Gasteiger partial charge in [0.15, 0.2) is 11.6 Å². The molecular formula is C83H68N10. The van der Waals surface area contributed by atoms with Crippen molar-refractivity contribution in [3.63, 3.8) is 0 Å². The third-order valence-corrected chi connectivity index (χ3v) is 14.8. The summed E-state index contributed by atoms with van der Waals surface area (Å²) in [5, 5.41) is 1.19. The van der Waals surface area contributed by atoms with Gasteiger partial charge < -0.3 is 0 Å². The molecule has 0 saturated heterocycles. The van der Waals surface area contributed by atoms with Crippen LogP contribution >= 0.6 is 0 Å². The molecule has 0 saturated carbocycles. The first-order valence-electron chi connectivity index (χ1n) is 30.7. The number of hydrogen-bond acceptors (Lipinski definition) is 10. The lowest BCUT2D eigenvalue weighted by Gasteiger charge is -2.07. The number of rotatable bonds is 9. The second-order valence-corrected chi connectivity index (χ2v) is 22.0. The second kappa shape index (κ2) is 31.4. The van der Waals surface area contributed by atoms with Gasteiger partial charge in [0.05, 0.1) is 34.0 Å². The van der Waals surface area contributed by atoms with E-state index in [2.05, 4.69) is 186 Å². The van der Waals surface area contributed by atoms with Gasteiger partial charge in [-0.15, -0.1) is 0 Å². The van der Waals surface area contributed by atoms with Gasteiger partial charge in [-0.1, -0.05) is 206 Å². The predicted molar refractivity (Wildman–Crippen MR) is 380 cm³/mol. The van der Waals surface area contributed by atoms with Crippen LogP contribution in [0.15, 0.2) is 322 Å². The monoisotopic (exact) mass is 1200 g/mol. The topological polar surface area (TPSA) is 129 Å². The standard InChI is InChI=1S/3C17H14N2.C16H13N3.C16H13N/c1-13-10-14(16-6-2-4-8-18-16)12-15(11-13)17-7-3-5-9-19-17;1-13-18-16(14-8-4-2-5-9-14)12-17(19-13)15-10-6-3-7-11-15;1-13-9-15(14-5-4-7-18-12-14)11-16(10-13)17-6-2-3-8-19-17;1-12-17-15(13-8-4-2-5-9-13)19-16(18-12)14-10-6-3-7-11-14;1-12-7-9-13(10-8-12)15-6-2-4-14-5-3-11-17-16(14)15/h3*2-12H,1H3;2-11H,1H3;2-11H,1H3. The molecule has 0 aliphatic carbocycles. The van der Waals surface area contributed by atoms with Gasteiger partial charge in [0, 0.05) is 92.6 Å². The second-order valence-electron chi connectivity index (χ2n) is 22.0. The van der Waals surface area contributed by atoms with E-state index in [9.17, 15) is 0 Å². The molecule has 0 fully saturated rings. The summed E-state index contributed by atoms with van der Waals surface area (Å²) in [5.41, 5.74) is 22.0. The molecule has 10 nitrogen and oxygen atoms in total. The maximum atomic E-state index is 4.55. The zero-order valence-electron chi connectivity index (χ0n) is 52.6. The zero-order valence-corrected chi connectivity index (χ0v) is 52.6. The minimum Gasteiger partial charge on any atom is -0.264 e. The van der Waals surface area contributed by atoms with Gasteiger partial charge in [-0.25, -0.2) is 24.9 Å². The Balaban J connectivity index is 0.000000119. The summed E-state index contributed by atoms with van der Waals surface area (Å²) in [7, 11) is 0. The fourth-order valence-electron chi connectivity index (χ4n) is 10.4. The molecule has 10 heteroatoms. The van der Waals surface area contributed by atoms with Gasteiger partial charge in [-0.2, -0.15) is 0 Å². The van der Waals surface area contributed by atoms with Crippen LogP contribution in [0.5, 0.6) is 0 Å². The molecule has 0 N–H and O–H groups in total. The molecule has 0 amide bonds. The van der Waals surface area contributed by atoms with Crippen LogP contribution in [0.1, 0.15) is 28.3 Å². The summed E-state index contributed by atoms with van der Waals surface area (Å²) in [4.78, 5) is 44.3. The Morgan fingerprint density at radius 3 is 1.10 bits per heavy atom. The summed E-state index contributed by atoms with van der Waals surface area (Å²) >= 11 is 0. The van der Waals surface area contributed by atoms with Crippen LogP contribution in [-0.4, -0.2) is 49.8 Å². The largest absolute Gasteiger partial charge is 0.264 e. The lowest BCUT2D eigenvalue weighted by molar-refractivity contribution is 0.992. The van der Waals surface area contributed by atoms with Crippen molar-refractivity contribution in [2.75, 3.05) is 0 Å². The highest BCUT2D eigenvalue weighted by Gasteiger charge is 2.11. The van der Waals surface area contributed by atoms with Crippen molar-refractivity contribution in [2.45, 2.75) is 34.6 Å². The number of aromatic nitrogens is 10. The van der Waals surface area contributed by atoms with Crippen LogP contribution in [0.3, 0.4) is 0 Å². The Morgan fingerprint density at radius 1 is 0.226 bits per heavy atom. The first-order valence-corrected chi connectivity index (χ1v) is 30.7. The lowest BCUT2D eigenvalue weighted by Crippen LogP contribution is -1.99. The van der Waals surface area contributed by atoms with Crippen molar-refractivity contribution in [3.05, 3.63) is 351 Å². The number of fused-ring (bicyclic) bond motifs is 1. The summed E-state index contributed by atoms with van der Waals surface area (Å²) < 4.78 is 0. The Labute approximate surface area is 544 Å². The first-order chi connectivity index (χ1) is 45.6. The normalized spacial score (nSPS) is 10.4. The maximum Gasteiger partial charge on any atom is 0.163 e. The molecule has 8 aromatic carbocycles. The van der Waals surface area contributed by atoms with Crippen LogP contribution in [0.25, 0.3) is 112 Å². The zero-order chi connectivity index (χ0) is 64.0. The van der Waals surface area contributed by atoms with Gasteiger partial charge in [0.25, 0.3) is 0 Å². The number of hydrogen-bond donors (Lipinski definition) is 0. The average Bonchev–Trinajstić information content (AvgIpc) is 1.01. The van der Waals surface area contributed by atoms with Crippen LogP contribution in [-0.2, 0) is 0 Å². The van der Waals surface area contributed by atoms with Crippen molar-refractivity contribution in [1.29, 1.82) is 0 Å². The highest BCUT2D eigenvalue weighted by molar-refractivity contribution is 5.93. The number of aryl methyl sites for hydroxylation is 5. The van der Waals surface area contributed by atoms with Gasteiger partial charge >= 0.3 is 0 Å². The van der Waals surface area contributed by atoms with E-state index in [0.717, 1.165) is 90.1 Å². The van der Waals surface area contributed by atoms with Crippen molar-refractivity contribution in [2.24, 2.45) is 0 Å². The molecule has 0 spiro atoms. The molecule has 450 valence electrons. The minimum absolute atomic E-state index is 0.715. The van der Waals surface area contributed by atoms with Gasteiger partial charge in [-0.05, 0) is 142 Å². The summed E-state index contributed by atoms with van der Waals surface area (Å²) in [6.45, 7) is 10.1. The summed E-state index contributed by atoms with van der Waals surface area (Å²) in [6.07, 6.45) is 11.0. The smallest absolute Gasteiger partial charge is 0.163 e. The highest BCUT2D eigenvalue weighted by atomic mass is 15.0. The molecule has 7 heterocycles. The van der Waals surface area contributed by atoms with Gasteiger partial charge in [-0.3, -0.25) is 24.9 Å². The Kier molecular flexibility index (Phi) is 21.1. The molecule has 15 aromatic rings. The fraction of sp³-hybridized carbons (Fsp3) is 0.0602. The van der Waals surface area contributed by atoms with Crippen LogP contribution in [0.4, 0.5) is 0 Å². The van der Waals surface area contributed by atoms with Crippen molar-refractivity contribution in [3.8, 4) is 101 Å². The van der Waals surface area contributed by atoms with Crippen molar-refractivity contribution < 1.29 is 0 Å². The highest BCUT2D eigenvalue weighted by Crippen LogP contribution is 2.30. The van der Waals surface area contributed by atoms with E-state index < -0.39 is 0 Å². The van der Waals surface area contributed by atoms with E-state index in [0.29, 0.717) is 11.6 Å². The third-order valence-electron chi connectivity index (χ3n) is 14.8. The third kappa shape index (κ3) is 17.4. The van der Waals surface area contributed by atoms with Crippen LogP contribution < -0.4 is 0 Å². The van der Waals surface area contributed by atoms with E-state index in [1.54, 1.807) is 6.20 Å². The molecule has 7 aromatic heterocycles. The quantitative estimate of drug-likeness (QED) is 0.138. The summed E-state index contributed by atoms with van der Waals surface area (Å²) in [5.74, 6) is 2.95. The predicted octanol–water partition coefficient (Wildman–Crippen LogP) is 20.1. The molecule has 15 rings (SSSR count). The molecule has 93 heavy (non-hydrogen) atoms. The van der Waals surface area contributed by atoms with E-state index in [4.69, 9.17) is 0 Å². The van der Waals surface area contributed by atoms with Crippen molar-refractivity contribution in [1.82, 2.24) is 49.8 Å². The lowest BCUT2D eigenvalue weighted by atomic mass is 10.00. The number of nitrogens with zero attached hydrogens (tertiary/aromatic N) is 10. The molecule has 0 atom stereocenters.